The van der Waals surface area contributed by atoms with Crippen molar-refractivity contribution < 1.29 is 73.4 Å². The van der Waals surface area contributed by atoms with E-state index in [1.165, 1.54) is 6.08 Å². The molecule has 0 aromatic carbocycles. The zero-order chi connectivity index (χ0) is 36.8. The van der Waals surface area contributed by atoms with Crippen LogP contribution in [0.25, 0.3) is 0 Å². The number of methoxy groups -OCH3 is 1. The molecule has 16 atom stereocenters. The summed E-state index contributed by atoms with van der Waals surface area (Å²) < 4.78 is 35.1. The first kappa shape index (κ1) is 36.9. The topological polar surface area (TPSA) is 228 Å². The van der Waals surface area contributed by atoms with Gasteiger partial charge in [-0.2, -0.15) is 0 Å². The van der Waals surface area contributed by atoms with Gasteiger partial charge in [0.25, 0.3) is 0 Å². The van der Waals surface area contributed by atoms with E-state index in [0.717, 1.165) is 12.7 Å². The maximum absolute atomic E-state index is 14.8. The molecule has 15 heteroatoms. The lowest BCUT2D eigenvalue weighted by Gasteiger charge is -2.67. The fourth-order valence-electron chi connectivity index (χ4n) is 9.82. The summed E-state index contributed by atoms with van der Waals surface area (Å²) in [7, 11) is 1.09. The van der Waals surface area contributed by atoms with Gasteiger partial charge in [-0.1, -0.05) is 39.8 Å². The zero-order valence-corrected chi connectivity index (χ0v) is 28.9. The SMILES string of the molecule is C=C(/C=C(/C)C(C)C)O[C@H]1C(=O)O[C@@H]2C[C@H]3[C@H](C)C=C(O[C@@H]4O[C@H](CO)[C@@H](O)[C@H](O)[C@H]4O)C(=O)[C@]3(C)[C@H]3[C@@H](O)[C@H](O)[C@@]4(C(=O)OC)OC[C@]32[C@@H]14. The molecule has 0 aromatic rings. The van der Waals surface area contributed by atoms with Crippen LogP contribution in [-0.2, 0) is 42.8 Å². The number of aliphatic hydroxyl groups is 6. The van der Waals surface area contributed by atoms with E-state index in [1.807, 2.05) is 20.8 Å². The van der Waals surface area contributed by atoms with Gasteiger partial charge in [0.2, 0.25) is 23.8 Å². The van der Waals surface area contributed by atoms with Gasteiger partial charge in [-0.25, -0.2) is 9.59 Å². The van der Waals surface area contributed by atoms with E-state index in [-0.39, 0.29) is 30.5 Å². The molecule has 5 fully saturated rings. The maximum atomic E-state index is 14.8. The Morgan fingerprint density at radius 2 is 1.78 bits per heavy atom. The predicted octanol–water partition coefficient (Wildman–Crippen LogP) is -0.745. The molecular formula is C35H48O15. The third kappa shape index (κ3) is 4.88. The largest absolute Gasteiger partial charge is 0.479 e. The Morgan fingerprint density at radius 1 is 1.10 bits per heavy atom. The Labute approximate surface area is 289 Å². The average molecular weight is 709 g/mol. The Bertz CT molecular complexity index is 1490. The van der Waals surface area contributed by atoms with Gasteiger partial charge in [0.05, 0.1) is 32.3 Å². The monoisotopic (exact) mass is 708 g/mol. The van der Waals surface area contributed by atoms with Gasteiger partial charge >= 0.3 is 11.9 Å². The van der Waals surface area contributed by atoms with E-state index in [9.17, 15) is 45.0 Å². The molecule has 6 aliphatic rings. The van der Waals surface area contributed by atoms with Crippen molar-refractivity contribution in [2.45, 2.75) is 102 Å². The third-order valence-electron chi connectivity index (χ3n) is 12.5. The maximum Gasteiger partial charge on any atom is 0.348 e. The minimum absolute atomic E-state index is 0.0880. The van der Waals surface area contributed by atoms with E-state index >= 15 is 0 Å². The highest BCUT2D eigenvalue weighted by Crippen LogP contribution is 2.72. The molecule has 50 heavy (non-hydrogen) atoms. The fourth-order valence-corrected chi connectivity index (χ4v) is 9.82. The molecular weight excluding hydrogens is 660 g/mol. The molecule has 3 aliphatic carbocycles. The summed E-state index contributed by atoms with van der Waals surface area (Å²) in [5.41, 5.74) is -4.42. The second kappa shape index (κ2) is 12.7. The highest BCUT2D eigenvalue weighted by molar-refractivity contribution is 6.00. The van der Waals surface area contributed by atoms with E-state index in [4.69, 9.17) is 28.4 Å². The van der Waals surface area contributed by atoms with Crippen LogP contribution < -0.4 is 0 Å². The lowest BCUT2D eigenvalue weighted by atomic mass is 9.37. The van der Waals surface area contributed by atoms with Gasteiger partial charge in [0, 0.05) is 16.7 Å². The number of Topliss-reactive ketones (excluding diaryl/α,β-unsaturated/α-hetero) is 1. The Hall–Kier alpha value is -2.89. The van der Waals surface area contributed by atoms with Crippen LogP contribution in [0.3, 0.4) is 0 Å². The smallest absolute Gasteiger partial charge is 0.348 e. The highest BCUT2D eigenvalue weighted by atomic mass is 16.7. The Balaban J connectivity index is 1.45. The normalized spacial score (nSPS) is 48.2. The first-order chi connectivity index (χ1) is 23.4. The lowest BCUT2D eigenvalue weighted by Crippen LogP contribution is -2.80. The summed E-state index contributed by atoms with van der Waals surface area (Å²) in [6.07, 6.45) is -11.2. The molecule has 0 radical (unpaired) electrons. The van der Waals surface area contributed by atoms with Gasteiger partial charge in [-0.05, 0) is 43.3 Å². The van der Waals surface area contributed by atoms with E-state index < -0.39 is 120 Å². The Morgan fingerprint density at radius 3 is 2.40 bits per heavy atom. The third-order valence-corrected chi connectivity index (χ3v) is 12.5. The minimum Gasteiger partial charge on any atom is -0.479 e. The number of fused-ring (bicyclic) bond motifs is 2. The van der Waals surface area contributed by atoms with Crippen LogP contribution in [0.1, 0.15) is 41.0 Å². The molecule has 1 spiro atoms. The number of ketones is 1. The fraction of sp³-hybridized carbons (Fsp3) is 0.743. The van der Waals surface area contributed by atoms with Crippen LogP contribution in [0, 0.1) is 40.4 Å². The molecule has 3 heterocycles. The van der Waals surface area contributed by atoms with Crippen molar-refractivity contribution in [2.75, 3.05) is 20.3 Å². The molecule has 15 nitrogen and oxygen atoms in total. The summed E-state index contributed by atoms with van der Waals surface area (Å²) in [6, 6.07) is 0. The molecule has 0 aromatic heterocycles. The van der Waals surface area contributed by atoms with E-state index in [2.05, 4.69) is 6.58 Å². The number of aliphatic hydroxyl groups excluding tert-OH is 6. The molecule has 3 aliphatic heterocycles. The summed E-state index contributed by atoms with van der Waals surface area (Å²) in [5, 5.41) is 65.0. The first-order valence-electron chi connectivity index (χ1n) is 17.0. The zero-order valence-electron chi connectivity index (χ0n) is 28.9. The molecule has 0 amide bonds. The van der Waals surface area contributed by atoms with Crippen LogP contribution in [0.15, 0.2) is 35.8 Å². The molecule has 6 rings (SSSR count). The number of rotatable bonds is 8. The van der Waals surface area contributed by atoms with E-state index in [1.54, 1.807) is 19.9 Å². The second-order valence-corrected chi connectivity index (χ2v) is 15.2. The van der Waals surface area contributed by atoms with Crippen LogP contribution >= 0.6 is 0 Å². The molecule has 2 saturated carbocycles. The quantitative estimate of drug-likeness (QED) is 0.104. The van der Waals surface area contributed by atoms with Crippen molar-refractivity contribution >= 4 is 17.7 Å². The summed E-state index contributed by atoms with van der Waals surface area (Å²) in [4.78, 5) is 42.4. The van der Waals surface area contributed by atoms with Crippen molar-refractivity contribution in [2.24, 2.45) is 40.4 Å². The lowest BCUT2D eigenvalue weighted by molar-refractivity contribution is -0.297. The van der Waals surface area contributed by atoms with Crippen molar-refractivity contribution in [3.8, 4) is 0 Å². The summed E-state index contributed by atoms with van der Waals surface area (Å²) >= 11 is 0. The minimum atomic E-state index is -2.28. The van der Waals surface area contributed by atoms with Gasteiger partial charge in [-0.15, -0.1) is 0 Å². The summed E-state index contributed by atoms with van der Waals surface area (Å²) in [6.45, 7) is 12.1. The van der Waals surface area contributed by atoms with Gasteiger partial charge in [0.1, 0.15) is 42.4 Å². The number of carbonyl (C=O) groups is 3. The molecule has 6 N–H and O–H groups in total. The number of hydrogen-bond donors (Lipinski definition) is 6. The Kier molecular flexibility index (Phi) is 9.34. The van der Waals surface area contributed by atoms with Crippen molar-refractivity contribution in [3.05, 3.63) is 35.8 Å². The number of hydrogen-bond acceptors (Lipinski definition) is 15. The van der Waals surface area contributed by atoms with Crippen molar-refractivity contribution in [3.63, 3.8) is 0 Å². The average Bonchev–Trinajstić information content (AvgIpc) is 3.38. The van der Waals surface area contributed by atoms with Crippen LogP contribution in [0.5, 0.6) is 0 Å². The predicted molar refractivity (Wildman–Crippen MR) is 168 cm³/mol. The first-order valence-corrected chi connectivity index (χ1v) is 17.0. The number of esters is 2. The van der Waals surface area contributed by atoms with Crippen LogP contribution in [0.2, 0.25) is 0 Å². The van der Waals surface area contributed by atoms with Crippen molar-refractivity contribution in [1.82, 2.24) is 0 Å². The molecule has 278 valence electrons. The second-order valence-electron chi connectivity index (χ2n) is 15.2. The van der Waals surface area contributed by atoms with Crippen molar-refractivity contribution in [1.29, 1.82) is 0 Å². The molecule has 0 unspecified atom stereocenters. The van der Waals surface area contributed by atoms with E-state index in [0.29, 0.717) is 0 Å². The number of allylic oxidation sites excluding steroid dienone is 4. The van der Waals surface area contributed by atoms with Gasteiger partial charge < -0.3 is 59.1 Å². The molecule has 3 saturated heterocycles. The number of ether oxygens (including phenoxy) is 6. The highest BCUT2D eigenvalue weighted by Gasteiger charge is 2.86. The number of carbonyl (C=O) groups excluding carboxylic acids is 3. The van der Waals surface area contributed by atoms with Gasteiger partial charge in [0.15, 0.2) is 5.76 Å². The van der Waals surface area contributed by atoms with Crippen LogP contribution in [0.4, 0.5) is 0 Å². The summed E-state index contributed by atoms with van der Waals surface area (Å²) in [5.74, 6) is -6.16. The van der Waals surface area contributed by atoms with Gasteiger partial charge in [-0.3, -0.25) is 4.79 Å². The standard InChI is InChI=1S/C35H48O15/c1-13(2)14(3)8-16(5)47-25-27-34-12-46-35(27,32(44)45-7)29(42)24(40)26(34)33(6)17(10-20(34)50-30(25)43)15(4)9-18(28(33)41)48-31-23(39)22(38)21(37)19(11-36)49-31/h8-9,13,15,17,19-27,29,31,36-40,42H,5,10-12H2,1-4,6-7H3/b14-8-/t15-,17+,19-,20-,21-,22+,23-,24-,25-,26-,27-,29+,31-,33+,34-,35+/m1/s1. The van der Waals surface area contributed by atoms with Crippen LogP contribution in [-0.4, -0.2) is 129 Å². The molecule has 2 bridgehead atoms.